The molecule has 0 unspecified atom stereocenters. The molecule has 0 aromatic heterocycles. The molecular weight excluding hydrogens is 578 g/mol. The highest BCUT2D eigenvalue weighted by molar-refractivity contribution is 5.92. The van der Waals surface area contributed by atoms with E-state index in [0.717, 1.165) is 47.9 Å². The molecular formula is C37H49N5O4. The van der Waals surface area contributed by atoms with Gasteiger partial charge in [0.05, 0.1) is 0 Å². The summed E-state index contributed by atoms with van der Waals surface area (Å²) >= 11 is 0. The van der Waals surface area contributed by atoms with Gasteiger partial charge in [-0.15, -0.1) is 0 Å². The molecule has 4 rings (SSSR count). The molecule has 9 heteroatoms. The van der Waals surface area contributed by atoms with Gasteiger partial charge in [0.15, 0.2) is 0 Å². The van der Waals surface area contributed by atoms with E-state index < -0.39 is 12.1 Å². The van der Waals surface area contributed by atoms with Crippen LogP contribution in [0.4, 0.5) is 4.79 Å². The molecule has 1 aliphatic heterocycles. The van der Waals surface area contributed by atoms with Gasteiger partial charge < -0.3 is 31.3 Å². The third-order valence-corrected chi connectivity index (χ3v) is 8.18. The van der Waals surface area contributed by atoms with E-state index in [4.69, 9.17) is 10.5 Å². The fourth-order valence-corrected chi connectivity index (χ4v) is 5.50. The Kier molecular flexibility index (Phi) is 13.5. The average Bonchev–Trinajstić information content (AvgIpc) is 3.37. The van der Waals surface area contributed by atoms with Gasteiger partial charge in [0.1, 0.15) is 24.4 Å². The summed E-state index contributed by atoms with van der Waals surface area (Å²) < 4.78 is 5.93. The molecule has 3 aromatic carbocycles. The molecule has 1 fully saturated rings. The maximum atomic E-state index is 13.7. The molecule has 0 saturated carbocycles. The second kappa shape index (κ2) is 17.9. The quantitative estimate of drug-likeness (QED) is 0.199. The zero-order valence-corrected chi connectivity index (χ0v) is 27.2. The van der Waals surface area contributed by atoms with Crippen LogP contribution in [-0.4, -0.2) is 47.9 Å². The van der Waals surface area contributed by atoms with Crippen molar-refractivity contribution in [2.24, 2.45) is 11.7 Å². The van der Waals surface area contributed by atoms with Gasteiger partial charge in [0, 0.05) is 32.6 Å². The molecule has 2 atom stereocenters. The highest BCUT2D eigenvalue weighted by atomic mass is 16.5. The van der Waals surface area contributed by atoms with Crippen molar-refractivity contribution in [1.82, 2.24) is 20.9 Å². The van der Waals surface area contributed by atoms with Crippen molar-refractivity contribution in [2.75, 3.05) is 13.1 Å². The minimum Gasteiger partial charge on any atom is -0.489 e. The number of carbonyl (C=O) groups excluding carboxylic acids is 3. The SMILES string of the molecule is CC(C)C[C@H](NC(=O)N1CCCCCC1)C(=O)N[C@@H](Cc1ccc(OCc2ccccc2)cc1)C(=O)NCc1ccc(CN)cc1. The first kappa shape index (κ1) is 34.5. The molecule has 9 nitrogen and oxygen atoms in total. The molecule has 246 valence electrons. The van der Waals surface area contributed by atoms with Gasteiger partial charge in [0.25, 0.3) is 0 Å². The molecule has 0 aliphatic carbocycles. The molecule has 0 radical (unpaired) electrons. The Balaban J connectivity index is 1.45. The van der Waals surface area contributed by atoms with Gasteiger partial charge in [-0.2, -0.15) is 0 Å². The van der Waals surface area contributed by atoms with Gasteiger partial charge >= 0.3 is 6.03 Å². The first-order valence-electron chi connectivity index (χ1n) is 16.5. The zero-order valence-electron chi connectivity index (χ0n) is 27.2. The standard InChI is InChI=1S/C37H49N5O4/c1-27(2)22-33(41-37(45)42-20-8-3-4-9-21-42)36(44)40-34(35(43)39-25-30-14-12-29(24-38)13-15-30)23-28-16-18-32(19-17-28)46-26-31-10-6-5-7-11-31/h5-7,10-19,27,33-34H,3-4,8-9,20-26,38H2,1-2H3,(H,39,43)(H,40,44)(H,41,45)/t33-,34-/m0/s1. The number of nitrogens with one attached hydrogen (secondary N) is 3. The molecule has 46 heavy (non-hydrogen) atoms. The van der Waals surface area contributed by atoms with Crippen LogP contribution in [0.2, 0.25) is 0 Å². The second-order valence-electron chi connectivity index (χ2n) is 12.5. The van der Waals surface area contributed by atoms with E-state index in [0.29, 0.717) is 45.0 Å². The number of likely N-dealkylation sites (tertiary alicyclic amines) is 1. The largest absolute Gasteiger partial charge is 0.489 e. The molecule has 3 aromatic rings. The molecule has 0 bridgehead atoms. The fraction of sp³-hybridized carbons (Fsp3) is 0.432. The monoisotopic (exact) mass is 627 g/mol. The molecule has 1 saturated heterocycles. The van der Waals surface area contributed by atoms with E-state index in [-0.39, 0.29) is 30.2 Å². The number of ether oxygens (including phenoxy) is 1. The van der Waals surface area contributed by atoms with E-state index in [1.165, 1.54) is 0 Å². The number of hydrogen-bond donors (Lipinski definition) is 4. The van der Waals surface area contributed by atoms with Crippen LogP contribution < -0.4 is 26.4 Å². The van der Waals surface area contributed by atoms with Crippen LogP contribution in [-0.2, 0) is 35.7 Å². The Morgan fingerprint density at radius 3 is 2.00 bits per heavy atom. The van der Waals surface area contributed by atoms with Crippen molar-refractivity contribution < 1.29 is 19.1 Å². The van der Waals surface area contributed by atoms with Crippen molar-refractivity contribution in [3.05, 3.63) is 101 Å². The van der Waals surface area contributed by atoms with E-state index in [1.807, 2.05) is 92.7 Å². The Labute approximate surface area is 273 Å². The number of urea groups is 1. The van der Waals surface area contributed by atoms with Crippen LogP contribution in [0.3, 0.4) is 0 Å². The van der Waals surface area contributed by atoms with Crippen LogP contribution in [0.5, 0.6) is 5.75 Å². The van der Waals surface area contributed by atoms with Crippen LogP contribution in [0, 0.1) is 5.92 Å². The number of rotatable bonds is 14. The van der Waals surface area contributed by atoms with Gasteiger partial charge in [-0.25, -0.2) is 4.79 Å². The van der Waals surface area contributed by atoms with E-state index >= 15 is 0 Å². The lowest BCUT2D eigenvalue weighted by Crippen LogP contribution is -2.56. The zero-order chi connectivity index (χ0) is 32.7. The Bertz CT molecular complexity index is 1370. The number of nitrogens with zero attached hydrogens (tertiary/aromatic N) is 1. The Morgan fingerprint density at radius 1 is 0.739 bits per heavy atom. The maximum absolute atomic E-state index is 13.7. The average molecular weight is 628 g/mol. The molecule has 5 N–H and O–H groups in total. The first-order valence-corrected chi connectivity index (χ1v) is 16.5. The number of amides is 4. The maximum Gasteiger partial charge on any atom is 0.318 e. The fourth-order valence-electron chi connectivity index (χ4n) is 5.50. The summed E-state index contributed by atoms with van der Waals surface area (Å²) in [7, 11) is 0. The lowest BCUT2D eigenvalue weighted by atomic mass is 10.0. The summed E-state index contributed by atoms with van der Waals surface area (Å²) in [4.78, 5) is 42.3. The van der Waals surface area contributed by atoms with Crippen LogP contribution in [0.1, 0.15) is 68.2 Å². The van der Waals surface area contributed by atoms with Gasteiger partial charge in [-0.3, -0.25) is 9.59 Å². The van der Waals surface area contributed by atoms with Gasteiger partial charge in [0.2, 0.25) is 11.8 Å². The van der Waals surface area contributed by atoms with Gasteiger partial charge in [-0.05, 0) is 59.6 Å². The van der Waals surface area contributed by atoms with Gasteiger partial charge in [-0.1, -0.05) is 93.4 Å². The highest BCUT2D eigenvalue weighted by Crippen LogP contribution is 2.17. The smallest absolute Gasteiger partial charge is 0.318 e. The summed E-state index contributed by atoms with van der Waals surface area (Å²) in [6.07, 6.45) is 4.86. The predicted molar refractivity (Wildman–Crippen MR) is 181 cm³/mol. The van der Waals surface area contributed by atoms with Crippen molar-refractivity contribution in [2.45, 2.75) is 84.2 Å². The van der Waals surface area contributed by atoms with Crippen LogP contribution >= 0.6 is 0 Å². The first-order chi connectivity index (χ1) is 22.3. The molecule has 1 aliphatic rings. The number of nitrogens with two attached hydrogens (primary N) is 1. The van der Waals surface area contributed by atoms with E-state index in [2.05, 4.69) is 16.0 Å². The number of hydrogen-bond acceptors (Lipinski definition) is 5. The number of benzene rings is 3. The lowest BCUT2D eigenvalue weighted by molar-refractivity contribution is -0.130. The Hall–Kier alpha value is -4.37. The molecule has 4 amide bonds. The topological polar surface area (TPSA) is 126 Å². The number of carbonyl (C=O) groups is 3. The predicted octanol–water partition coefficient (Wildman–Crippen LogP) is 5.07. The van der Waals surface area contributed by atoms with Crippen molar-refractivity contribution in [3.63, 3.8) is 0 Å². The highest BCUT2D eigenvalue weighted by Gasteiger charge is 2.29. The van der Waals surface area contributed by atoms with E-state index in [9.17, 15) is 14.4 Å². The van der Waals surface area contributed by atoms with Crippen LogP contribution in [0.15, 0.2) is 78.9 Å². The minimum atomic E-state index is -0.850. The van der Waals surface area contributed by atoms with Crippen molar-refractivity contribution in [3.8, 4) is 5.75 Å². The molecule has 0 spiro atoms. The van der Waals surface area contributed by atoms with Crippen LogP contribution in [0.25, 0.3) is 0 Å². The summed E-state index contributed by atoms with van der Waals surface area (Å²) in [6.45, 7) is 6.61. The third kappa shape index (κ3) is 11.2. The summed E-state index contributed by atoms with van der Waals surface area (Å²) in [5, 5.41) is 8.94. The second-order valence-corrected chi connectivity index (χ2v) is 12.5. The molecule has 1 heterocycles. The van der Waals surface area contributed by atoms with Crippen molar-refractivity contribution >= 4 is 17.8 Å². The van der Waals surface area contributed by atoms with Crippen molar-refractivity contribution in [1.29, 1.82) is 0 Å². The van der Waals surface area contributed by atoms with E-state index in [1.54, 1.807) is 4.90 Å². The third-order valence-electron chi connectivity index (χ3n) is 8.18. The normalized spacial score (nSPS) is 14.6. The Morgan fingerprint density at radius 2 is 1.37 bits per heavy atom. The lowest BCUT2D eigenvalue weighted by Gasteiger charge is -2.27. The summed E-state index contributed by atoms with van der Waals surface area (Å²) in [5.74, 6) is 0.203. The summed E-state index contributed by atoms with van der Waals surface area (Å²) in [6, 6.07) is 23.4. The summed E-state index contributed by atoms with van der Waals surface area (Å²) in [5.41, 5.74) is 9.60. The minimum absolute atomic E-state index is 0.160.